The van der Waals surface area contributed by atoms with Crippen molar-refractivity contribution >= 4 is 0 Å². The molecule has 0 heterocycles. The highest BCUT2D eigenvalue weighted by molar-refractivity contribution is 5.36. The summed E-state index contributed by atoms with van der Waals surface area (Å²) in [5.74, 6) is 2.58. The van der Waals surface area contributed by atoms with Crippen molar-refractivity contribution in [1.82, 2.24) is 5.32 Å². The predicted molar refractivity (Wildman–Crippen MR) is 81.5 cm³/mol. The molecule has 104 valence electrons. The van der Waals surface area contributed by atoms with E-state index in [1.165, 1.54) is 38.5 Å². The van der Waals surface area contributed by atoms with Gasteiger partial charge in [-0.2, -0.15) is 0 Å². The first kappa shape index (κ1) is 13.2. The molecule has 0 aliphatic heterocycles. The number of hydrogen-bond donors (Lipinski definition) is 1. The van der Waals surface area contributed by atoms with Gasteiger partial charge in [0.1, 0.15) is 0 Å². The van der Waals surface area contributed by atoms with Crippen molar-refractivity contribution in [1.29, 1.82) is 0 Å². The molecule has 2 aliphatic carbocycles. The summed E-state index contributed by atoms with van der Waals surface area (Å²) in [5.41, 5.74) is 3.22. The first-order valence-electron chi connectivity index (χ1n) is 8.04. The van der Waals surface area contributed by atoms with Crippen LogP contribution in [0.1, 0.15) is 56.1 Å². The van der Waals surface area contributed by atoms with E-state index in [1.807, 2.05) is 0 Å². The maximum Gasteiger partial charge on any atom is 0.0161 e. The van der Waals surface area contributed by atoms with Crippen molar-refractivity contribution in [2.24, 2.45) is 11.8 Å². The molecule has 1 heteroatoms. The van der Waals surface area contributed by atoms with Gasteiger partial charge in [-0.05, 0) is 55.7 Å². The summed E-state index contributed by atoms with van der Waals surface area (Å²) in [6.07, 6.45) is 8.32. The van der Waals surface area contributed by atoms with E-state index >= 15 is 0 Å². The highest BCUT2D eigenvalue weighted by Crippen LogP contribution is 2.41. The Hall–Kier alpha value is -0.820. The zero-order chi connectivity index (χ0) is 13.2. The monoisotopic (exact) mass is 257 g/mol. The number of fused-ring (bicyclic) bond motifs is 1. The van der Waals surface area contributed by atoms with Crippen LogP contribution in [-0.4, -0.2) is 13.1 Å². The summed E-state index contributed by atoms with van der Waals surface area (Å²) in [5, 5.41) is 3.67. The third-order valence-electron chi connectivity index (χ3n) is 5.51. The van der Waals surface area contributed by atoms with Gasteiger partial charge in [0.25, 0.3) is 0 Å². The quantitative estimate of drug-likeness (QED) is 0.858. The molecular formula is C18H27N. The SMILES string of the molecule is CNC(C1CCC(C)CC1)C1CCc2ccccc21. The molecule has 19 heavy (non-hydrogen) atoms. The molecule has 0 spiro atoms. The van der Waals surface area contributed by atoms with Crippen molar-refractivity contribution in [2.45, 2.75) is 57.4 Å². The molecule has 0 aromatic heterocycles. The van der Waals surface area contributed by atoms with E-state index in [0.717, 1.165) is 17.8 Å². The van der Waals surface area contributed by atoms with E-state index in [-0.39, 0.29) is 0 Å². The second-order valence-corrected chi connectivity index (χ2v) is 6.68. The van der Waals surface area contributed by atoms with Gasteiger partial charge in [-0.15, -0.1) is 0 Å². The minimum atomic E-state index is 0.691. The largest absolute Gasteiger partial charge is 0.316 e. The molecule has 0 radical (unpaired) electrons. The van der Waals surface area contributed by atoms with Gasteiger partial charge in [0, 0.05) is 12.0 Å². The first-order chi connectivity index (χ1) is 9.29. The minimum Gasteiger partial charge on any atom is -0.316 e. The smallest absolute Gasteiger partial charge is 0.0161 e. The molecule has 1 N–H and O–H groups in total. The van der Waals surface area contributed by atoms with Crippen molar-refractivity contribution in [3.63, 3.8) is 0 Å². The van der Waals surface area contributed by atoms with Gasteiger partial charge >= 0.3 is 0 Å². The normalized spacial score (nSPS) is 32.0. The van der Waals surface area contributed by atoms with E-state index in [0.29, 0.717) is 6.04 Å². The maximum atomic E-state index is 3.67. The van der Waals surface area contributed by atoms with E-state index in [4.69, 9.17) is 0 Å². The first-order valence-corrected chi connectivity index (χ1v) is 8.04. The number of nitrogens with one attached hydrogen (secondary N) is 1. The van der Waals surface area contributed by atoms with Crippen molar-refractivity contribution in [3.05, 3.63) is 35.4 Å². The average Bonchev–Trinajstić information content (AvgIpc) is 2.86. The highest BCUT2D eigenvalue weighted by Gasteiger charge is 2.34. The van der Waals surface area contributed by atoms with Crippen LogP contribution in [0.2, 0.25) is 0 Å². The molecule has 0 saturated heterocycles. The average molecular weight is 257 g/mol. The number of hydrogen-bond acceptors (Lipinski definition) is 1. The van der Waals surface area contributed by atoms with E-state index in [2.05, 4.69) is 43.6 Å². The lowest BCUT2D eigenvalue weighted by atomic mass is 9.74. The predicted octanol–water partition coefficient (Wildman–Crippen LogP) is 4.13. The Labute approximate surface area is 117 Å². The standard InChI is InChI=1S/C18H27N/c1-13-7-9-15(10-8-13)18(19-2)17-12-11-14-5-3-4-6-16(14)17/h3-6,13,15,17-19H,7-12H2,1-2H3. The van der Waals surface area contributed by atoms with Gasteiger partial charge in [-0.1, -0.05) is 44.0 Å². The number of rotatable bonds is 3. The maximum absolute atomic E-state index is 3.67. The Morgan fingerprint density at radius 2 is 1.79 bits per heavy atom. The summed E-state index contributed by atoms with van der Waals surface area (Å²) in [6.45, 7) is 2.41. The van der Waals surface area contributed by atoms with Crippen LogP contribution in [0.15, 0.2) is 24.3 Å². The van der Waals surface area contributed by atoms with Gasteiger partial charge in [-0.3, -0.25) is 0 Å². The van der Waals surface area contributed by atoms with E-state index < -0.39 is 0 Å². The van der Waals surface area contributed by atoms with Gasteiger partial charge in [0.15, 0.2) is 0 Å². The highest BCUT2D eigenvalue weighted by atomic mass is 14.9. The van der Waals surface area contributed by atoms with Gasteiger partial charge in [-0.25, -0.2) is 0 Å². The van der Waals surface area contributed by atoms with Crippen LogP contribution in [-0.2, 0) is 6.42 Å². The molecule has 0 amide bonds. The Bertz CT molecular complexity index is 417. The summed E-state index contributed by atoms with van der Waals surface area (Å²) in [4.78, 5) is 0. The Morgan fingerprint density at radius 3 is 2.53 bits per heavy atom. The topological polar surface area (TPSA) is 12.0 Å². The minimum absolute atomic E-state index is 0.691. The fourth-order valence-corrected chi connectivity index (χ4v) is 4.37. The number of aryl methyl sites for hydroxylation is 1. The van der Waals surface area contributed by atoms with Crippen molar-refractivity contribution in [2.75, 3.05) is 7.05 Å². The molecule has 2 atom stereocenters. The van der Waals surface area contributed by atoms with Crippen LogP contribution >= 0.6 is 0 Å². The second-order valence-electron chi connectivity index (χ2n) is 6.68. The molecule has 1 nitrogen and oxygen atoms in total. The zero-order valence-electron chi connectivity index (χ0n) is 12.4. The lowest BCUT2D eigenvalue weighted by molar-refractivity contribution is 0.215. The molecule has 2 aliphatic rings. The summed E-state index contributed by atoms with van der Waals surface area (Å²) in [7, 11) is 2.17. The van der Waals surface area contributed by atoms with Gasteiger partial charge in [0.05, 0.1) is 0 Å². The molecule has 3 rings (SSSR count). The Balaban J connectivity index is 1.76. The summed E-state index contributed by atoms with van der Waals surface area (Å²) < 4.78 is 0. The van der Waals surface area contributed by atoms with Crippen LogP contribution in [0, 0.1) is 11.8 Å². The van der Waals surface area contributed by atoms with E-state index in [1.54, 1.807) is 11.1 Å². The fourth-order valence-electron chi connectivity index (χ4n) is 4.37. The van der Waals surface area contributed by atoms with Crippen LogP contribution in [0.3, 0.4) is 0 Å². The molecule has 0 bridgehead atoms. The molecule has 1 aromatic rings. The van der Waals surface area contributed by atoms with Crippen LogP contribution < -0.4 is 5.32 Å². The number of likely N-dealkylation sites (N-methyl/N-ethyl adjacent to an activating group) is 1. The lowest BCUT2D eigenvalue weighted by Gasteiger charge is -2.36. The Morgan fingerprint density at radius 1 is 1.05 bits per heavy atom. The Kier molecular flexibility index (Phi) is 3.93. The molecule has 1 aromatic carbocycles. The third kappa shape index (κ3) is 2.58. The zero-order valence-corrected chi connectivity index (χ0v) is 12.4. The van der Waals surface area contributed by atoms with Crippen LogP contribution in [0.25, 0.3) is 0 Å². The summed E-state index contributed by atoms with van der Waals surface area (Å²) >= 11 is 0. The second kappa shape index (κ2) is 5.66. The van der Waals surface area contributed by atoms with Crippen LogP contribution in [0.4, 0.5) is 0 Å². The molecule has 1 saturated carbocycles. The van der Waals surface area contributed by atoms with Crippen molar-refractivity contribution in [3.8, 4) is 0 Å². The van der Waals surface area contributed by atoms with Gasteiger partial charge < -0.3 is 5.32 Å². The van der Waals surface area contributed by atoms with Crippen LogP contribution in [0.5, 0.6) is 0 Å². The number of benzene rings is 1. The summed E-state index contributed by atoms with van der Waals surface area (Å²) in [6, 6.07) is 9.79. The van der Waals surface area contributed by atoms with Crippen molar-refractivity contribution < 1.29 is 0 Å². The molecule has 1 fully saturated rings. The molecule has 2 unspecified atom stereocenters. The fraction of sp³-hybridized carbons (Fsp3) is 0.667. The lowest BCUT2D eigenvalue weighted by Crippen LogP contribution is -2.40. The van der Waals surface area contributed by atoms with E-state index in [9.17, 15) is 0 Å². The molecular weight excluding hydrogens is 230 g/mol. The third-order valence-corrected chi connectivity index (χ3v) is 5.51. The van der Waals surface area contributed by atoms with Gasteiger partial charge in [0.2, 0.25) is 0 Å².